The third kappa shape index (κ3) is 11.6. The van der Waals surface area contributed by atoms with Gasteiger partial charge in [-0.15, -0.1) is 0 Å². The molecule has 0 aliphatic carbocycles. The zero-order valence-corrected chi connectivity index (χ0v) is 24.8. The number of ether oxygens (including phenoxy) is 1. The number of aromatic nitrogens is 1. The molecule has 0 saturated heterocycles. The van der Waals surface area contributed by atoms with Crippen molar-refractivity contribution in [3.63, 3.8) is 0 Å². The van der Waals surface area contributed by atoms with E-state index in [1.807, 2.05) is 55.7 Å². The maximum Gasteiger partial charge on any atom is 0.326 e. The third-order valence-corrected chi connectivity index (χ3v) is 7.91. The van der Waals surface area contributed by atoms with E-state index in [1.54, 1.807) is 0 Å². The molecule has 0 aliphatic rings. The minimum atomic E-state index is -0.281. The van der Waals surface area contributed by atoms with Gasteiger partial charge in [0.25, 0.3) is 0 Å². The SMILES string of the molecule is CCCCCCCCCCCCCCCCCC(=O)c1c(C)c(C)n(CC(=O)OCc2ccccc2)c1C. The van der Waals surface area contributed by atoms with E-state index < -0.39 is 0 Å². The van der Waals surface area contributed by atoms with E-state index in [4.69, 9.17) is 4.74 Å². The van der Waals surface area contributed by atoms with E-state index in [0.29, 0.717) is 6.42 Å². The van der Waals surface area contributed by atoms with Gasteiger partial charge in [0.15, 0.2) is 5.78 Å². The highest BCUT2D eigenvalue weighted by molar-refractivity contribution is 5.99. The predicted octanol–water partition coefficient (Wildman–Crippen LogP) is 9.60. The number of rotatable bonds is 21. The summed E-state index contributed by atoms with van der Waals surface area (Å²) in [5.41, 5.74) is 4.60. The normalized spacial score (nSPS) is 11.2. The van der Waals surface area contributed by atoms with Gasteiger partial charge in [0, 0.05) is 23.4 Å². The van der Waals surface area contributed by atoms with Crippen LogP contribution >= 0.6 is 0 Å². The third-order valence-electron chi connectivity index (χ3n) is 7.91. The molecule has 212 valence electrons. The highest BCUT2D eigenvalue weighted by Gasteiger charge is 2.21. The average molecular weight is 524 g/mol. The second-order valence-corrected chi connectivity index (χ2v) is 11.0. The lowest BCUT2D eigenvalue weighted by Gasteiger charge is -2.10. The van der Waals surface area contributed by atoms with E-state index in [9.17, 15) is 9.59 Å². The minimum Gasteiger partial charge on any atom is -0.459 e. The molecule has 2 aromatic rings. The van der Waals surface area contributed by atoms with Crippen LogP contribution in [0, 0.1) is 20.8 Å². The zero-order valence-electron chi connectivity index (χ0n) is 24.8. The number of carbonyl (C=O) groups excluding carboxylic acids is 2. The number of unbranched alkanes of at least 4 members (excludes halogenated alkanes) is 14. The van der Waals surface area contributed by atoms with Gasteiger partial charge in [-0.25, -0.2) is 0 Å². The van der Waals surface area contributed by atoms with Crippen LogP contribution in [0.3, 0.4) is 0 Å². The van der Waals surface area contributed by atoms with Crippen molar-refractivity contribution >= 4 is 11.8 Å². The van der Waals surface area contributed by atoms with E-state index in [-0.39, 0.29) is 24.9 Å². The van der Waals surface area contributed by atoms with Crippen molar-refractivity contribution in [2.45, 2.75) is 144 Å². The Balaban J connectivity index is 1.61. The molecule has 0 aliphatic heterocycles. The number of ketones is 1. The molecule has 0 atom stereocenters. The molecule has 1 aromatic heterocycles. The molecular weight excluding hydrogens is 470 g/mol. The predicted molar refractivity (Wildman–Crippen MR) is 159 cm³/mol. The Kier molecular flexibility index (Phi) is 15.8. The fraction of sp³-hybridized carbons (Fsp3) is 0.647. The van der Waals surface area contributed by atoms with Crippen LogP contribution in [0.4, 0.5) is 0 Å². The summed E-state index contributed by atoms with van der Waals surface area (Å²) in [6.07, 6.45) is 20.4. The quantitative estimate of drug-likeness (QED) is 0.0929. The molecule has 38 heavy (non-hydrogen) atoms. The van der Waals surface area contributed by atoms with Crippen molar-refractivity contribution in [1.29, 1.82) is 0 Å². The van der Waals surface area contributed by atoms with Crippen molar-refractivity contribution in [2.24, 2.45) is 0 Å². The highest BCUT2D eigenvalue weighted by Crippen LogP contribution is 2.24. The minimum absolute atomic E-state index is 0.136. The van der Waals surface area contributed by atoms with E-state index >= 15 is 0 Å². The van der Waals surface area contributed by atoms with Crippen LogP contribution in [-0.2, 0) is 22.7 Å². The lowest BCUT2D eigenvalue weighted by molar-refractivity contribution is -0.145. The summed E-state index contributed by atoms with van der Waals surface area (Å²) in [5, 5.41) is 0. The van der Waals surface area contributed by atoms with Gasteiger partial charge in [-0.3, -0.25) is 9.59 Å². The molecule has 0 fully saturated rings. The topological polar surface area (TPSA) is 48.3 Å². The summed E-state index contributed by atoms with van der Waals surface area (Å²) in [6.45, 7) is 8.61. The van der Waals surface area contributed by atoms with Crippen LogP contribution in [-0.4, -0.2) is 16.3 Å². The molecule has 1 heterocycles. The molecule has 0 spiro atoms. The van der Waals surface area contributed by atoms with Crippen LogP contribution in [0.15, 0.2) is 30.3 Å². The first-order valence-corrected chi connectivity index (χ1v) is 15.3. The first-order chi connectivity index (χ1) is 18.5. The number of benzene rings is 1. The number of esters is 1. The summed E-state index contributed by atoms with van der Waals surface area (Å²) in [7, 11) is 0. The Morgan fingerprint density at radius 1 is 0.684 bits per heavy atom. The largest absolute Gasteiger partial charge is 0.459 e. The molecule has 0 N–H and O–H groups in total. The molecular formula is C34H53NO3. The summed E-state index contributed by atoms with van der Waals surface area (Å²) < 4.78 is 7.40. The fourth-order valence-electron chi connectivity index (χ4n) is 5.38. The van der Waals surface area contributed by atoms with Crippen LogP contribution in [0.5, 0.6) is 0 Å². The number of carbonyl (C=O) groups is 2. The standard InChI is InChI=1S/C34H53NO3/c1-5-6-7-8-9-10-11-12-13-14-15-16-17-18-22-25-32(36)34-28(2)29(3)35(30(34)4)26-33(37)38-27-31-23-20-19-21-24-31/h19-21,23-24H,5-18,22,25-27H2,1-4H3. The maximum atomic E-state index is 13.1. The average Bonchev–Trinajstić information content (AvgIpc) is 3.13. The van der Waals surface area contributed by atoms with Crippen LogP contribution in [0.25, 0.3) is 0 Å². The van der Waals surface area contributed by atoms with E-state index in [2.05, 4.69) is 6.92 Å². The molecule has 2 rings (SSSR count). The van der Waals surface area contributed by atoms with Crippen molar-refractivity contribution in [2.75, 3.05) is 0 Å². The Hall–Kier alpha value is -2.36. The van der Waals surface area contributed by atoms with E-state index in [0.717, 1.165) is 40.9 Å². The monoisotopic (exact) mass is 523 g/mol. The van der Waals surface area contributed by atoms with Crippen molar-refractivity contribution in [3.8, 4) is 0 Å². The van der Waals surface area contributed by atoms with Gasteiger partial charge in [-0.1, -0.05) is 127 Å². The zero-order chi connectivity index (χ0) is 27.6. The lowest BCUT2D eigenvalue weighted by Crippen LogP contribution is -2.16. The summed E-state index contributed by atoms with van der Waals surface area (Å²) >= 11 is 0. The number of hydrogen-bond donors (Lipinski definition) is 0. The maximum absolute atomic E-state index is 13.1. The molecule has 4 nitrogen and oxygen atoms in total. The molecule has 0 radical (unpaired) electrons. The number of nitrogens with zero attached hydrogens (tertiary/aromatic N) is 1. The van der Waals surface area contributed by atoms with Gasteiger partial charge in [-0.05, 0) is 38.3 Å². The van der Waals surface area contributed by atoms with Crippen LogP contribution < -0.4 is 0 Å². The van der Waals surface area contributed by atoms with Gasteiger partial charge in [-0.2, -0.15) is 0 Å². The Labute approximate surface area is 232 Å². The summed E-state index contributed by atoms with van der Waals surface area (Å²) in [4.78, 5) is 25.5. The first kappa shape index (κ1) is 31.9. The summed E-state index contributed by atoms with van der Waals surface area (Å²) in [5.74, 6) is -0.0781. The Morgan fingerprint density at radius 2 is 1.18 bits per heavy atom. The van der Waals surface area contributed by atoms with Gasteiger partial charge < -0.3 is 9.30 Å². The smallest absolute Gasteiger partial charge is 0.326 e. The van der Waals surface area contributed by atoms with Crippen LogP contribution in [0.1, 0.15) is 143 Å². The van der Waals surface area contributed by atoms with Crippen LogP contribution in [0.2, 0.25) is 0 Å². The number of hydrogen-bond acceptors (Lipinski definition) is 3. The van der Waals surface area contributed by atoms with Crippen molar-refractivity contribution < 1.29 is 14.3 Å². The van der Waals surface area contributed by atoms with E-state index in [1.165, 1.54) is 83.5 Å². The molecule has 4 heteroatoms. The lowest BCUT2D eigenvalue weighted by atomic mass is 10.00. The molecule has 0 saturated carbocycles. The van der Waals surface area contributed by atoms with Gasteiger partial charge in [0.1, 0.15) is 13.2 Å². The Morgan fingerprint density at radius 3 is 1.71 bits per heavy atom. The first-order valence-electron chi connectivity index (χ1n) is 15.3. The molecule has 1 aromatic carbocycles. The summed E-state index contributed by atoms with van der Waals surface area (Å²) in [6, 6.07) is 9.70. The fourth-order valence-corrected chi connectivity index (χ4v) is 5.38. The molecule has 0 amide bonds. The van der Waals surface area contributed by atoms with Gasteiger partial charge in [0.2, 0.25) is 0 Å². The number of Topliss-reactive ketones (excluding diaryl/α,β-unsaturated/α-hetero) is 1. The highest BCUT2D eigenvalue weighted by atomic mass is 16.5. The van der Waals surface area contributed by atoms with Gasteiger partial charge in [0.05, 0.1) is 0 Å². The molecule has 0 unspecified atom stereocenters. The van der Waals surface area contributed by atoms with Crippen molar-refractivity contribution in [3.05, 3.63) is 58.4 Å². The van der Waals surface area contributed by atoms with Crippen molar-refractivity contribution in [1.82, 2.24) is 4.57 Å². The Bertz CT molecular complexity index is 944. The second kappa shape index (κ2) is 18.8. The molecule has 0 bridgehead atoms. The second-order valence-electron chi connectivity index (χ2n) is 11.0. The van der Waals surface area contributed by atoms with Gasteiger partial charge >= 0.3 is 5.97 Å².